The summed E-state index contributed by atoms with van der Waals surface area (Å²) in [6.45, 7) is 16.4. The van der Waals surface area contributed by atoms with Gasteiger partial charge in [0.1, 0.15) is 31.3 Å². The number of phenols is 1. The number of rotatable bonds is 35. The predicted molar refractivity (Wildman–Crippen MR) is 318 cm³/mol. The number of hydrogen-bond acceptors (Lipinski definition) is 17. The van der Waals surface area contributed by atoms with Crippen LogP contribution < -0.4 is 15.4 Å². The molecule has 1 heterocycles. The van der Waals surface area contributed by atoms with Crippen molar-refractivity contribution in [2.45, 2.75) is 99.2 Å². The van der Waals surface area contributed by atoms with Crippen molar-refractivity contribution in [3.05, 3.63) is 127 Å². The number of esters is 1. The number of nitrogens with zero attached hydrogens (tertiary/aromatic N) is 3. The predicted octanol–water partition coefficient (Wildman–Crippen LogP) is 12.1. The first kappa shape index (κ1) is 64.9. The molecule has 0 saturated carbocycles. The number of benzene rings is 5. The monoisotopic (exact) mass is 1160 g/mol. The van der Waals surface area contributed by atoms with Crippen LogP contribution in [0.4, 0.5) is 9.59 Å². The fourth-order valence-corrected chi connectivity index (χ4v) is 11.6. The number of hydrogen-bond donors (Lipinski definition) is 3. The lowest BCUT2D eigenvalue weighted by atomic mass is 9.88. The molecule has 6 aromatic rings. The first-order valence-corrected chi connectivity index (χ1v) is 30.6. The molecule has 1 aromatic heterocycles. The molecule has 20 heteroatoms. The van der Waals surface area contributed by atoms with Crippen molar-refractivity contribution in [1.82, 2.24) is 25.6 Å². The highest BCUT2D eigenvalue weighted by Crippen LogP contribution is 2.35. The highest BCUT2D eigenvalue weighted by molar-refractivity contribution is 6.60. The molecule has 83 heavy (non-hydrogen) atoms. The van der Waals surface area contributed by atoms with Gasteiger partial charge in [-0.25, -0.2) is 29.3 Å². The van der Waals surface area contributed by atoms with Crippen LogP contribution in [-0.2, 0) is 46.5 Å². The number of alkyl carbamates (subject to hydrolysis) is 2. The Labute approximate surface area is 489 Å². The summed E-state index contributed by atoms with van der Waals surface area (Å²) >= 11 is 0. The second-order valence-corrected chi connectivity index (χ2v) is 22.0. The molecule has 19 nitrogen and oxygen atoms in total. The van der Waals surface area contributed by atoms with Gasteiger partial charge in [0.2, 0.25) is 0 Å². The number of carbonyl (C=O) groups is 3. The first-order valence-electron chi connectivity index (χ1n) is 28.6. The largest absolute Gasteiger partial charge is 0.507 e. The molecule has 6 rings (SSSR count). The molecule has 2 unspecified atom stereocenters. The summed E-state index contributed by atoms with van der Waals surface area (Å²) in [7, 11) is -2.94. The van der Waals surface area contributed by atoms with Crippen LogP contribution in [0.5, 0.6) is 11.5 Å². The maximum absolute atomic E-state index is 13.8. The molecule has 0 saturated heterocycles. The summed E-state index contributed by atoms with van der Waals surface area (Å²) in [6, 6.07) is 41.0. The summed E-state index contributed by atoms with van der Waals surface area (Å²) < 4.78 is 58.6. The van der Waals surface area contributed by atoms with Gasteiger partial charge in [-0.05, 0) is 102 Å². The average molecular weight is 1160 g/mol. The molecule has 0 aliphatic carbocycles. The first-order chi connectivity index (χ1) is 40.3. The number of aromatic hydroxyl groups is 1. The standard InChI is InChI=1S/C63H81N5O14Si/c1-9-62(44-74-60(71)64-39-22-38-63(76-10-2,77-11-3)78-12-4,45-75-61(72)65-40-23-41-83(79-13-5,80-14-6)81-15-7)43-73-59(70)46(8)82-53-36-37-54(55(69)42-53)58-67-56(51-32-28-49(29-33-51)47-24-18-16-19-25-47)66-57(68-58)52-34-30-50(31-35-52)48-26-20-17-21-27-48/h16-21,24-37,42,46,69H,9-15,22-23,38-41,43-45H2,1-8H3,(H,64,71)(H,65,72). The van der Waals surface area contributed by atoms with E-state index >= 15 is 0 Å². The van der Waals surface area contributed by atoms with Crippen LogP contribution in [0.15, 0.2) is 127 Å². The molecular formula is C63H81N5O14Si. The Morgan fingerprint density at radius 1 is 0.530 bits per heavy atom. The van der Waals surface area contributed by atoms with Gasteiger partial charge in [0.05, 0.1) is 11.0 Å². The van der Waals surface area contributed by atoms with Gasteiger partial charge < -0.3 is 62.2 Å². The molecule has 2 amide bonds. The van der Waals surface area contributed by atoms with E-state index in [2.05, 4.69) is 10.6 Å². The molecule has 2 atom stereocenters. The van der Waals surface area contributed by atoms with Gasteiger partial charge in [-0.15, -0.1) is 0 Å². The fourth-order valence-electron chi connectivity index (χ4n) is 8.97. The maximum Gasteiger partial charge on any atom is 0.500 e. The van der Waals surface area contributed by atoms with Gasteiger partial charge in [0.25, 0.3) is 5.97 Å². The lowest BCUT2D eigenvalue weighted by Gasteiger charge is -2.32. The number of ether oxygens (including phenoxy) is 7. The minimum atomic E-state index is -2.94. The summed E-state index contributed by atoms with van der Waals surface area (Å²) in [5, 5.41) is 17.1. The lowest BCUT2D eigenvalue weighted by Crippen LogP contribution is -2.46. The summed E-state index contributed by atoms with van der Waals surface area (Å²) in [4.78, 5) is 54.7. The van der Waals surface area contributed by atoms with Gasteiger partial charge in [-0.2, -0.15) is 0 Å². The smallest absolute Gasteiger partial charge is 0.500 e. The molecule has 446 valence electrons. The highest BCUT2D eigenvalue weighted by Gasteiger charge is 2.40. The van der Waals surface area contributed by atoms with Crippen LogP contribution in [0.25, 0.3) is 56.4 Å². The van der Waals surface area contributed by atoms with E-state index in [-0.39, 0.29) is 56.7 Å². The van der Waals surface area contributed by atoms with E-state index in [1.165, 1.54) is 13.0 Å². The average Bonchev–Trinajstić information content (AvgIpc) is 3.70. The van der Waals surface area contributed by atoms with Gasteiger partial charge in [-0.3, -0.25) is 0 Å². The fraction of sp³-hybridized carbons (Fsp3) is 0.429. The molecule has 5 aromatic carbocycles. The summed E-state index contributed by atoms with van der Waals surface area (Å²) in [5.41, 5.74) is 4.80. The molecule has 0 spiro atoms. The van der Waals surface area contributed by atoms with Gasteiger partial charge in [-0.1, -0.05) is 116 Å². The SMILES string of the molecule is CCOC(CCCNC(=O)OCC(CC)(COC(=O)NCCC[Si](OCC)(OCC)OCC)COC(=O)C(C)Oc1ccc(-c2nc(-c3ccc(-c4ccccc4)cc3)nc(-c3ccc(-c4ccccc4)cc3)n2)c(O)c1)(OCC)OCC. The second-order valence-electron chi connectivity index (χ2n) is 19.3. The van der Waals surface area contributed by atoms with Crippen molar-refractivity contribution in [1.29, 1.82) is 0 Å². The third-order valence-corrected chi connectivity index (χ3v) is 16.5. The summed E-state index contributed by atoms with van der Waals surface area (Å²) in [5.74, 6) is -1.06. The Kier molecular flexibility index (Phi) is 25.9. The van der Waals surface area contributed by atoms with E-state index in [1.807, 2.05) is 151 Å². The zero-order chi connectivity index (χ0) is 59.5. The van der Waals surface area contributed by atoms with E-state index in [0.717, 1.165) is 33.4 Å². The minimum Gasteiger partial charge on any atom is -0.507 e. The van der Waals surface area contributed by atoms with E-state index < -0.39 is 44.5 Å². The van der Waals surface area contributed by atoms with E-state index in [0.29, 0.717) is 82.2 Å². The van der Waals surface area contributed by atoms with Crippen molar-refractivity contribution in [2.24, 2.45) is 5.41 Å². The van der Waals surface area contributed by atoms with E-state index in [9.17, 15) is 19.5 Å². The zero-order valence-electron chi connectivity index (χ0n) is 49.1. The molecule has 0 fully saturated rings. The number of phenolic OH excluding ortho intramolecular Hbond substituents is 1. The van der Waals surface area contributed by atoms with Crippen molar-refractivity contribution >= 4 is 27.0 Å². The number of amides is 2. The highest BCUT2D eigenvalue weighted by atomic mass is 28.4. The molecule has 0 bridgehead atoms. The Morgan fingerprint density at radius 3 is 1.41 bits per heavy atom. The van der Waals surface area contributed by atoms with Crippen LogP contribution in [0, 0.1) is 5.41 Å². The van der Waals surface area contributed by atoms with Crippen LogP contribution in [0.2, 0.25) is 6.04 Å². The third kappa shape index (κ3) is 19.4. The molecule has 0 aliphatic heterocycles. The molecule has 3 N–H and O–H groups in total. The zero-order valence-corrected chi connectivity index (χ0v) is 50.1. The normalized spacial score (nSPS) is 12.7. The Bertz CT molecular complexity index is 2740. The molecular weight excluding hydrogens is 1080 g/mol. The lowest BCUT2D eigenvalue weighted by molar-refractivity contribution is -0.379. The van der Waals surface area contributed by atoms with Crippen molar-refractivity contribution in [3.8, 4) is 67.9 Å². The van der Waals surface area contributed by atoms with Crippen LogP contribution in [-0.4, -0.2) is 132 Å². The topological polar surface area (TPSA) is 226 Å². The van der Waals surface area contributed by atoms with E-state index in [4.69, 9.17) is 61.4 Å². The Hall–Kier alpha value is -7.30. The Balaban J connectivity index is 1.15. The number of aromatic nitrogens is 3. The van der Waals surface area contributed by atoms with Crippen LogP contribution >= 0.6 is 0 Å². The van der Waals surface area contributed by atoms with Gasteiger partial charge >= 0.3 is 27.0 Å². The quantitative estimate of drug-likeness (QED) is 0.0110. The van der Waals surface area contributed by atoms with Crippen molar-refractivity contribution in [2.75, 3.05) is 72.6 Å². The van der Waals surface area contributed by atoms with Crippen molar-refractivity contribution < 1.29 is 65.9 Å². The third-order valence-electron chi connectivity index (χ3n) is 13.3. The molecule has 0 aliphatic rings. The van der Waals surface area contributed by atoms with Crippen molar-refractivity contribution in [3.63, 3.8) is 0 Å². The number of carbonyl (C=O) groups excluding carboxylic acids is 3. The van der Waals surface area contributed by atoms with Gasteiger partial charge in [0, 0.05) is 82.4 Å². The minimum absolute atomic E-state index is 0.157. The van der Waals surface area contributed by atoms with Gasteiger partial charge in [0.15, 0.2) is 23.6 Å². The van der Waals surface area contributed by atoms with Crippen LogP contribution in [0.3, 0.4) is 0 Å². The van der Waals surface area contributed by atoms with Crippen LogP contribution in [0.1, 0.15) is 81.1 Å². The van der Waals surface area contributed by atoms with E-state index in [1.54, 1.807) is 19.1 Å². The molecule has 0 radical (unpaired) electrons. The number of nitrogens with one attached hydrogen (secondary N) is 2. The second kappa shape index (κ2) is 33.1. The maximum atomic E-state index is 13.8. The Morgan fingerprint density at radius 2 is 0.964 bits per heavy atom. The summed E-state index contributed by atoms with van der Waals surface area (Å²) in [6.07, 6.45) is -1.12.